The lowest BCUT2D eigenvalue weighted by molar-refractivity contribution is -0.124. The maximum atomic E-state index is 11.6. The van der Waals surface area contributed by atoms with Crippen molar-refractivity contribution in [1.29, 1.82) is 0 Å². The predicted molar refractivity (Wildman–Crippen MR) is 95.6 cm³/mol. The first-order valence-electron chi connectivity index (χ1n) is 8.25. The van der Waals surface area contributed by atoms with Gasteiger partial charge in [-0.25, -0.2) is 4.79 Å². The van der Waals surface area contributed by atoms with E-state index in [1.54, 1.807) is 7.11 Å². The highest BCUT2D eigenvalue weighted by Crippen LogP contribution is 2.12. The van der Waals surface area contributed by atoms with Crippen molar-refractivity contribution in [3.05, 3.63) is 29.8 Å². The van der Waals surface area contributed by atoms with Gasteiger partial charge < -0.3 is 20.3 Å². The maximum Gasteiger partial charge on any atom is 0.324 e. The number of hydrogen-bond donors (Lipinski definition) is 2. The highest BCUT2D eigenvalue weighted by atomic mass is 16.5. The van der Waals surface area contributed by atoms with Crippen molar-refractivity contribution in [2.45, 2.75) is 13.5 Å². The third kappa shape index (κ3) is 5.10. The van der Waals surface area contributed by atoms with Gasteiger partial charge in [0.25, 0.3) is 0 Å². The van der Waals surface area contributed by atoms with Crippen LogP contribution in [0.15, 0.2) is 29.3 Å². The molecule has 1 aliphatic heterocycles. The van der Waals surface area contributed by atoms with Crippen molar-refractivity contribution >= 4 is 17.9 Å². The van der Waals surface area contributed by atoms with Crippen LogP contribution >= 0.6 is 0 Å². The molecular formula is C17H25N5O3. The largest absolute Gasteiger partial charge is 0.497 e. The van der Waals surface area contributed by atoms with Crippen LogP contribution < -0.4 is 15.4 Å². The normalized spacial score (nSPS) is 14.5. The van der Waals surface area contributed by atoms with Crippen molar-refractivity contribution in [2.75, 3.05) is 40.3 Å². The molecule has 2 N–H and O–H groups in total. The van der Waals surface area contributed by atoms with Gasteiger partial charge in [-0.3, -0.25) is 14.7 Å². The average Bonchev–Trinajstić information content (AvgIpc) is 2.93. The minimum absolute atomic E-state index is 0.0694. The van der Waals surface area contributed by atoms with Crippen LogP contribution in [0, 0.1) is 0 Å². The van der Waals surface area contributed by atoms with Crippen LogP contribution in [-0.4, -0.2) is 68.0 Å². The summed E-state index contributed by atoms with van der Waals surface area (Å²) >= 11 is 0. The molecule has 0 aromatic heterocycles. The fourth-order valence-corrected chi connectivity index (χ4v) is 2.49. The molecule has 1 aromatic rings. The zero-order valence-electron chi connectivity index (χ0n) is 14.9. The van der Waals surface area contributed by atoms with Gasteiger partial charge in [0.15, 0.2) is 5.96 Å². The topological polar surface area (TPSA) is 86.3 Å². The van der Waals surface area contributed by atoms with E-state index in [9.17, 15) is 9.59 Å². The number of urea groups is 1. The number of benzene rings is 1. The number of ether oxygens (including phenoxy) is 1. The van der Waals surface area contributed by atoms with E-state index >= 15 is 0 Å². The average molecular weight is 347 g/mol. The minimum Gasteiger partial charge on any atom is -0.497 e. The number of imide groups is 1. The summed E-state index contributed by atoms with van der Waals surface area (Å²) in [6, 6.07) is 7.50. The summed E-state index contributed by atoms with van der Waals surface area (Å²) in [5, 5.41) is 5.72. The van der Waals surface area contributed by atoms with Crippen LogP contribution in [0.5, 0.6) is 5.75 Å². The molecule has 8 nitrogen and oxygen atoms in total. The third-order valence-corrected chi connectivity index (χ3v) is 3.80. The number of nitrogens with one attached hydrogen (secondary N) is 2. The van der Waals surface area contributed by atoms with Gasteiger partial charge in [-0.05, 0) is 24.6 Å². The van der Waals surface area contributed by atoms with Gasteiger partial charge in [-0.1, -0.05) is 12.1 Å². The second-order valence-electron chi connectivity index (χ2n) is 5.64. The van der Waals surface area contributed by atoms with Crippen LogP contribution in [0.3, 0.4) is 0 Å². The maximum absolute atomic E-state index is 11.6. The zero-order chi connectivity index (χ0) is 18.2. The molecule has 136 valence electrons. The number of nitrogens with zero attached hydrogens (tertiary/aromatic N) is 3. The van der Waals surface area contributed by atoms with E-state index < -0.39 is 0 Å². The summed E-state index contributed by atoms with van der Waals surface area (Å²) in [6.45, 7) is 4.10. The first-order valence-corrected chi connectivity index (χ1v) is 8.25. The molecule has 3 amide bonds. The molecule has 8 heteroatoms. The molecule has 0 radical (unpaired) electrons. The van der Waals surface area contributed by atoms with Gasteiger partial charge in [-0.15, -0.1) is 0 Å². The molecule has 0 saturated carbocycles. The molecule has 1 aliphatic rings. The molecule has 1 saturated heterocycles. The highest BCUT2D eigenvalue weighted by Gasteiger charge is 2.27. The molecule has 0 bridgehead atoms. The predicted octanol–water partition coefficient (Wildman–Crippen LogP) is 0.644. The molecule has 1 fully saturated rings. The van der Waals surface area contributed by atoms with Gasteiger partial charge in [-0.2, -0.15) is 0 Å². The second kappa shape index (κ2) is 8.91. The van der Waals surface area contributed by atoms with Crippen LogP contribution in [0.1, 0.15) is 12.5 Å². The Labute approximate surface area is 147 Å². The Bertz CT molecular complexity index is 614. The van der Waals surface area contributed by atoms with Crippen LogP contribution in [0.25, 0.3) is 0 Å². The van der Waals surface area contributed by atoms with Crippen molar-refractivity contribution in [2.24, 2.45) is 4.99 Å². The Kier molecular flexibility index (Phi) is 6.62. The SMILES string of the molecule is CCNC(=NCCN1C(=O)CNC1=O)N(C)Cc1ccc(OC)cc1. The Balaban J connectivity index is 1.94. The summed E-state index contributed by atoms with van der Waals surface area (Å²) in [7, 11) is 3.59. The van der Waals surface area contributed by atoms with Crippen molar-refractivity contribution < 1.29 is 14.3 Å². The fourth-order valence-electron chi connectivity index (χ4n) is 2.49. The Morgan fingerprint density at radius 2 is 2.08 bits per heavy atom. The van der Waals surface area contributed by atoms with Gasteiger partial charge >= 0.3 is 6.03 Å². The van der Waals surface area contributed by atoms with Crippen molar-refractivity contribution in [3.8, 4) is 5.75 Å². The van der Waals surface area contributed by atoms with Gasteiger partial charge in [0.2, 0.25) is 5.91 Å². The number of aliphatic imine (C=N–C) groups is 1. The summed E-state index contributed by atoms with van der Waals surface area (Å²) < 4.78 is 5.16. The van der Waals surface area contributed by atoms with E-state index in [-0.39, 0.29) is 25.0 Å². The quantitative estimate of drug-likeness (QED) is 0.430. The summed E-state index contributed by atoms with van der Waals surface area (Å²) in [5.41, 5.74) is 1.13. The number of hydrogen-bond acceptors (Lipinski definition) is 4. The van der Waals surface area contributed by atoms with E-state index in [4.69, 9.17) is 4.74 Å². The molecule has 2 rings (SSSR count). The fraction of sp³-hybridized carbons (Fsp3) is 0.471. The van der Waals surface area contributed by atoms with E-state index in [2.05, 4.69) is 15.6 Å². The van der Waals surface area contributed by atoms with Crippen LogP contribution in [0.4, 0.5) is 4.79 Å². The summed E-state index contributed by atoms with van der Waals surface area (Å²) in [5.74, 6) is 1.34. The third-order valence-electron chi connectivity index (χ3n) is 3.80. The lowest BCUT2D eigenvalue weighted by Gasteiger charge is -2.22. The summed E-state index contributed by atoms with van der Waals surface area (Å²) in [6.07, 6.45) is 0. The van der Waals surface area contributed by atoms with E-state index in [0.29, 0.717) is 13.1 Å². The lowest BCUT2D eigenvalue weighted by Crippen LogP contribution is -2.39. The van der Waals surface area contributed by atoms with E-state index in [0.717, 1.165) is 23.8 Å². The molecule has 0 aliphatic carbocycles. The van der Waals surface area contributed by atoms with Crippen molar-refractivity contribution in [1.82, 2.24) is 20.4 Å². The number of carbonyl (C=O) groups excluding carboxylic acids is 2. The molecule has 25 heavy (non-hydrogen) atoms. The molecule has 0 atom stereocenters. The van der Waals surface area contributed by atoms with Crippen LogP contribution in [-0.2, 0) is 11.3 Å². The van der Waals surface area contributed by atoms with Gasteiger partial charge in [0, 0.05) is 20.1 Å². The zero-order valence-corrected chi connectivity index (χ0v) is 14.9. The first kappa shape index (κ1) is 18.6. The lowest BCUT2D eigenvalue weighted by atomic mass is 10.2. The smallest absolute Gasteiger partial charge is 0.324 e. The number of carbonyl (C=O) groups is 2. The molecule has 1 heterocycles. The number of amides is 3. The minimum atomic E-state index is -0.350. The molecule has 0 unspecified atom stereocenters. The molecule has 0 spiro atoms. The van der Waals surface area contributed by atoms with E-state index in [1.165, 1.54) is 4.90 Å². The first-order chi connectivity index (χ1) is 12.0. The van der Waals surface area contributed by atoms with Crippen LogP contribution in [0.2, 0.25) is 0 Å². The number of methoxy groups -OCH3 is 1. The molecule has 1 aromatic carbocycles. The number of rotatable bonds is 7. The highest BCUT2D eigenvalue weighted by molar-refractivity contribution is 6.01. The Morgan fingerprint density at radius 3 is 2.64 bits per heavy atom. The van der Waals surface area contributed by atoms with E-state index in [1.807, 2.05) is 43.1 Å². The standard InChI is InChI=1S/C17H25N5O3/c1-4-18-16(19-9-10-22-15(23)11-20-17(22)24)21(2)12-13-5-7-14(25-3)8-6-13/h5-8H,4,9-12H2,1-3H3,(H,18,19)(H,20,24). The van der Waals surface area contributed by atoms with Crippen molar-refractivity contribution in [3.63, 3.8) is 0 Å². The van der Waals surface area contributed by atoms with Gasteiger partial charge in [0.1, 0.15) is 5.75 Å². The molecular weight excluding hydrogens is 322 g/mol. The summed E-state index contributed by atoms with van der Waals surface area (Å²) in [4.78, 5) is 30.8. The Morgan fingerprint density at radius 1 is 1.36 bits per heavy atom. The Hall–Kier alpha value is -2.77. The monoisotopic (exact) mass is 347 g/mol. The second-order valence-corrected chi connectivity index (χ2v) is 5.64. The number of guanidine groups is 1. The van der Waals surface area contributed by atoms with Gasteiger partial charge in [0.05, 0.1) is 26.7 Å².